The summed E-state index contributed by atoms with van der Waals surface area (Å²) in [7, 11) is 0. The first-order chi connectivity index (χ1) is 6.74. The summed E-state index contributed by atoms with van der Waals surface area (Å²) in [6, 6.07) is 4.37. The maximum atomic E-state index is 5.65. The molecule has 0 radical (unpaired) electrons. The Bertz CT molecular complexity index is 457. The van der Waals surface area contributed by atoms with E-state index in [1.165, 1.54) is 21.2 Å². The maximum Gasteiger partial charge on any atom is 0.125 e. The van der Waals surface area contributed by atoms with Crippen molar-refractivity contribution in [2.75, 3.05) is 6.61 Å². The molecule has 1 nitrogen and oxygen atoms in total. The fourth-order valence-electron chi connectivity index (χ4n) is 1.79. The van der Waals surface area contributed by atoms with Crippen molar-refractivity contribution in [2.45, 2.75) is 20.8 Å². The highest BCUT2D eigenvalue weighted by Crippen LogP contribution is 2.33. The van der Waals surface area contributed by atoms with Crippen molar-refractivity contribution in [3.05, 3.63) is 28.6 Å². The summed E-state index contributed by atoms with van der Waals surface area (Å²) in [6.45, 7) is 7.00. The van der Waals surface area contributed by atoms with Gasteiger partial charge in [0.05, 0.1) is 6.61 Å². The van der Waals surface area contributed by atoms with Gasteiger partial charge in [0.1, 0.15) is 5.75 Å². The first-order valence-corrected chi connectivity index (χ1v) is 5.72. The van der Waals surface area contributed by atoms with Crippen molar-refractivity contribution in [3.63, 3.8) is 0 Å². The van der Waals surface area contributed by atoms with E-state index >= 15 is 0 Å². The highest BCUT2D eigenvalue weighted by Gasteiger charge is 2.08. The van der Waals surface area contributed by atoms with Crippen LogP contribution in [0.5, 0.6) is 5.75 Å². The van der Waals surface area contributed by atoms with Crippen molar-refractivity contribution >= 4 is 21.4 Å². The zero-order valence-corrected chi connectivity index (χ0v) is 9.57. The predicted octanol–water partition coefficient (Wildman–Crippen LogP) is 3.92. The van der Waals surface area contributed by atoms with Crippen LogP contribution in [0.3, 0.4) is 0 Å². The first-order valence-electron chi connectivity index (χ1n) is 4.84. The van der Waals surface area contributed by atoms with Crippen LogP contribution in [-0.4, -0.2) is 6.61 Å². The van der Waals surface area contributed by atoms with Gasteiger partial charge >= 0.3 is 0 Å². The van der Waals surface area contributed by atoms with Crippen molar-refractivity contribution in [3.8, 4) is 5.75 Å². The number of thiophene rings is 1. The molecule has 2 rings (SSSR count). The monoisotopic (exact) mass is 206 g/mol. The number of ether oxygens (including phenoxy) is 1. The topological polar surface area (TPSA) is 9.23 Å². The third-order valence-electron chi connectivity index (χ3n) is 2.43. The summed E-state index contributed by atoms with van der Waals surface area (Å²) >= 11 is 1.79. The molecule has 0 aliphatic heterocycles. The highest BCUT2D eigenvalue weighted by molar-refractivity contribution is 7.17. The molecule has 0 spiro atoms. The van der Waals surface area contributed by atoms with Gasteiger partial charge in [0.2, 0.25) is 0 Å². The lowest BCUT2D eigenvalue weighted by Crippen LogP contribution is -1.96. The van der Waals surface area contributed by atoms with E-state index in [-0.39, 0.29) is 0 Å². The second-order valence-electron chi connectivity index (χ2n) is 3.41. The molecule has 1 aromatic heterocycles. The fourth-order valence-corrected chi connectivity index (χ4v) is 2.73. The Hall–Kier alpha value is -1.02. The van der Waals surface area contributed by atoms with Gasteiger partial charge in [-0.1, -0.05) is 0 Å². The summed E-state index contributed by atoms with van der Waals surface area (Å²) in [5, 5.41) is 3.45. The van der Waals surface area contributed by atoms with E-state index in [1.807, 2.05) is 6.92 Å². The average molecular weight is 206 g/mol. The van der Waals surface area contributed by atoms with Crippen LogP contribution in [0.1, 0.15) is 18.1 Å². The van der Waals surface area contributed by atoms with Gasteiger partial charge in [-0.15, -0.1) is 11.3 Å². The molecule has 0 amide bonds. The molecule has 0 N–H and O–H groups in total. The molecule has 1 heterocycles. The Kier molecular flexibility index (Phi) is 2.46. The van der Waals surface area contributed by atoms with Crippen LogP contribution in [0.15, 0.2) is 17.5 Å². The Morgan fingerprint density at radius 2 is 2.14 bits per heavy atom. The molecule has 0 aliphatic carbocycles. The Labute approximate surface area is 88.3 Å². The molecule has 1 aromatic carbocycles. The minimum absolute atomic E-state index is 0.733. The number of benzene rings is 1. The number of fused-ring (bicyclic) bond motifs is 1. The third kappa shape index (κ3) is 1.40. The molecule has 74 valence electrons. The average Bonchev–Trinajstić information content (AvgIpc) is 2.60. The van der Waals surface area contributed by atoms with E-state index in [4.69, 9.17) is 4.74 Å². The zero-order valence-electron chi connectivity index (χ0n) is 8.76. The quantitative estimate of drug-likeness (QED) is 0.723. The second-order valence-corrected chi connectivity index (χ2v) is 4.36. The van der Waals surface area contributed by atoms with Crippen molar-refractivity contribution in [1.29, 1.82) is 0 Å². The molecule has 2 heteroatoms. The lowest BCUT2D eigenvalue weighted by Gasteiger charge is -2.11. The maximum absolute atomic E-state index is 5.65. The standard InChI is InChI=1S/C12H14OS/c1-4-13-12-8(2)7-11-10(9(12)3)5-6-14-11/h5-7H,4H2,1-3H3. The summed E-state index contributed by atoms with van der Waals surface area (Å²) in [4.78, 5) is 0. The molecule has 0 bridgehead atoms. The molecule has 0 fully saturated rings. The van der Waals surface area contributed by atoms with Gasteiger partial charge < -0.3 is 4.74 Å². The molecule has 0 saturated carbocycles. The predicted molar refractivity (Wildman–Crippen MR) is 62.5 cm³/mol. The minimum Gasteiger partial charge on any atom is -0.493 e. The Balaban J connectivity index is 2.69. The molecule has 2 aromatic rings. The third-order valence-corrected chi connectivity index (χ3v) is 3.30. The second kappa shape index (κ2) is 3.62. The summed E-state index contributed by atoms with van der Waals surface area (Å²) < 4.78 is 7.00. The van der Waals surface area contributed by atoms with E-state index in [9.17, 15) is 0 Å². The van der Waals surface area contributed by atoms with Crippen LogP contribution in [-0.2, 0) is 0 Å². The SMILES string of the molecule is CCOc1c(C)cc2sccc2c1C. The molecular formula is C12H14OS. The molecule has 0 atom stereocenters. The number of hydrogen-bond acceptors (Lipinski definition) is 2. The highest BCUT2D eigenvalue weighted by atomic mass is 32.1. The lowest BCUT2D eigenvalue weighted by atomic mass is 10.1. The van der Waals surface area contributed by atoms with Crippen LogP contribution in [0.2, 0.25) is 0 Å². The van der Waals surface area contributed by atoms with E-state index in [0.29, 0.717) is 0 Å². The van der Waals surface area contributed by atoms with E-state index in [0.717, 1.165) is 12.4 Å². The largest absolute Gasteiger partial charge is 0.493 e. The van der Waals surface area contributed by atoms with Crippen molar-refractivity contribution in [2.24, 2.45) is 0 Å². The van der Waals surface area contributed by atoms with Crippen LogP contribution >= 0.6 is 11.3 Å². The Morgan fingerprint density at radius 1 is 1.36 bits per heavy atom. The van der Waals surface area contributed by atoms with Gasteiger partial charge in [0.15, 0.2) is 0 Å². The first kappa shape index (κ1) is 9.53. The van der Waals surface area contributed by atoms with Crippen LogP contribution in [0, 0.1) is 13.8 Å². The molecular weight excluding hydrogens is 192 g/mol. The van der Waals surface area contributed by atoms with Gasteiger partial charge in [0.25, 0.3) is 0 Å². The minimum atomic E-state index is 0.733. The van der Waals surface area contributed by atoms with Gasteiger partial charge in [-0.3, -0.25) is 0 Å². The number of rotatable bonds is 2. The van der Waals surface area contributed by atoms with Crippen LogP contribution in [0.25, 0.3) is 10.1 Å². The molecule has 0 aliphatic rings. The van der Waals surface area contributed by atoms with E-state index in [1.54, 1.807) is 11.3 Å². The van der Waals surface area contributed by atoms with Crippen molar-refractivity contribution in [1.82, 2.24) is 0 Å². The van der Waals surface area contributed by atoms with E-state index in [2.05, 4.69) is 31.4 Å². The van der Waals surface area contributed by atoms with Gasteiger partial charge in [-0.2, -0.15) is 0 Å². The normalized spacial score (nSPS) is 10.8. The molecule has 0 saturated heterocycles. The number of hydrogen-bond donors (Lipinski definition) is 0. The summed E-state index contributed by atoms with van der Waals surface area (Å²) in [5.74, 6) is 1.05. The summed E-state index contributed by atoms with van der Waals surface area (Å²) in [5.41, 5.74) is 2.50. The zero-order chi connectivity index (χ0) is 10.1. The number of aryl methyl sites for hydroxylation is 2. The lowest BCUT2D eigenvalue weighted by molar-refractivity contribution is 0.336. The van der Waals surface area contributed by atoms with Crippen LogP contribution < -0.4 is 4.74 Å². The Morgan fingerprint density at radius 3 is 2.86 bits per heavy atom. The smallest absolute Gasteiger partial charge is 0.125 e. The van der Waals surface area contributed by atoms with Gasteiger partial charge in [0, 0.05) is 4.70 Å². The van der Waals surface area contributed by atoms with E-state index < -0.39 is 0 Å². The molecule has 14 heavy (non-hydrogen) atoms. The fraction of sp³-hybridized carbons (Fsp3) is 0.333. The van der Waals surface area contributed by atoms with Crippen molar-refractivity contribution < 1.29 is 4.74 Å². The summed E-state index contributed by atoms with van der Waals surface area (Å²) in [6.07, 6.45) is 0. The van der Waals surface area contributed by atoms with Gasteiger partial charge in [-0.05, 0) is 54.8 Å². The molecule has 0 unspecified atom stereocenters. The van der Waals surface area contributed by atoms with Gasteiger partial charge in [-0.25, -0.2) is 0 Å². The van der Waals surface area contributed by atoms with Crippen LogP contribution in [0.4, 0.5) is 0 Å².